The Morgan fingerprint density at radius 3 is 2.83 bits per heavy atom. The quantitative estimate of drug-likeness (QED) is 0.807. The minimum atomic E-state index is -0.908. The van der Waals surface area contributed by atoms with E-state index >= 15 is 0 Å². The van der Waals surface area contributed by atoms with Gasteiger partial charge in [-0.25, -0.2) is 9.89 Å². The number of aromatic nitrogens is 3. The summed E-state index contributed by atoms with van der Waals surface area (Å²) >= 11 is 1.09. The SMILES string of the molecule is CC1CCC(n2c(SCC(=O)O)n[nH]c2=O)C1C. The monoisotopic (exact) mass is 271 g/mol. The molecule has 100 valence electrons. The number of aliphatic carboxylic acids is 1. The summed E-state index contributed by atoms with van der Waals surface area (Å²) in [4.78, 5) is 22.4. The van der Waals surface area contributed by atoms with Crippen molar-refractivity contribution in [2.24, 2.45) is 11.8 Å². The van der Waals surface area contributed by atoms with Crippen molar-refractivity contribution in [3.63, 3.8) is 0 Å². The van der Waals surface area contributed by atoms with Crippen molar-refractivity contribution in [3.05, 3.63) is 10.5 Å². The van der Waals surface area contributed by atoms with Gasteiger partial charge in [0.15, 0.2) is 5.16 Å². The third-order valence-electron chi connectivity index (χ3n) is 3.75. The van der Waals surface area contributed by atoms with E-state index < -0.39 is 5.97 Å². The summed E-state index contributed by atoms with van der Waals surface area (Å²) < 4.78 is 1.63. The van der Waals surface area contributed by atoms with Crippen LogP contribution < -0.4 is 5.69 Å². The lowest BCUT2D eigenvalue weighted by molar-refractivity contribution is -0.133. The summed E-state index contributed by atoms with van der Waals surface area (Å²) in [6.45, 7) is 4.31. The lowest BCUT2D eigenvalue weighted by Gasteiger charge is -2.19. The zero-order valence-electron chi connectivity index (χ0n) is 10.4. The van der Waals surface area contributed by atoms with E-state index in [-0.39, 0.29) is 17.5 Å². The zero-order valence-corrected chi connectivity index (χ0v) is 11.2. The molecule has 2 rings (SSSR count). The number of H-pyrrole nitrogens is 1. The van der Waals surface area contributed by atoms with Crippen molar-refractivity contribution in [2.45, 2.75) is 37.9 Å². The van der Waals surface area contributed by atoms with Gasteiger partial charge in [-0.1, -0.05) is 25.6 Å². The van der Waals surface area contributed by atoms with Gasteiger partial charge in [0.1, 0.15) is 0 Å². The van der Waals surface area contributed by atoms with Gasteiger partial charge in [0, 0.05) is 6.04 Å². The molecule has 0 saturated heterocycles. The van der Waals surface area contributed by atoms with Gasteiger partial charge in [-0.05, 0) is 24.7 Å². The summed E-state index contributed by atoms with van der Waals surface area (Å²) in [5, 5.41) is 15.5. The van der Waals surface area contributed by atoms with Crippen molar-refractivity contribution >= 4 is 17.7 Å². The molecule has 1 fully saturated rings. The molecule has 0 radical (unpaired) electrons. The Hall–Kier alpha value is -1.24. The molecule has 18 heavy (non-hydrogen) atoms. The highest BCUT2D eigenvalue weighted by Crippen LogP contribution is 2.40. The van der Waals surface area contributed by atoms with Crippen LogP contribution in [0.3, 0.4) is 0 Å². The zero-order chi connectivity index (χ0) is 13.3. The maximum Gasteiger partial charge on any atom is 0.344 e. The number of carboxylic acid groups (broad SMARTS) is 1. The Bertz CT molecular complexity index is 496. The number of rotatable bonds is 4. The molecule has 1 aliphatic carbocycles. The third kappa shape index (κ3) is 2.45. The standard InChI is InChI=1S/C11H17N3O3S/c1-6-3-4-8(7(6)2)14-10(17)12-13-11(14)18-5-9(15)16/h6-8H,3-5H2,1-2H3,(H,12,17)(H,15,16). The van der Waals surface area contributed by atoms with E-state index in [1.54, 1.807) is 4.57 Å². The summed E-state index contributed by atoms with van der Waals surface area (Å²) in [5.41, 5.74) is -0.242. The minimum Gasteiger partial charge on any atom is -0.481 e. The molecule has 1 aromatic rings. The molecule has 0 bridgehead atoms. The minimum absolute atomic E-state index is 0.0824. The van der Waals surface area contributed by atoms with Crippen LogP contribution in [-0.2, 0) is 4.79 Å². The number of aromatic amines is 1. The van der Waals surface area contributed by atoms with Gasteiger partial charge in [-0.3, -0.25) is 9.36 Å². The van der Waals surface area contributed by atoms with Crippen LogP contribution in [-0.4, -0.2) is 31.6 Å². The molecular formula is C11H17N3O3S. The summed E-state index contributed by atoms with van der Waals surface area (Å²) in [6, 6.07) is 0.127. The van der Waals surface area contributed by atoms with E-state index in [1.165, 1.54) is 0 Å². The fourth-order valence-corrected chi connectivity index (χ4v) is 3.23. The summed E-state index contributed by atoms with van der Waals surface area (Å²) in [5.74, 6) is -0.00513. The van der Waals surface area contributed by atoms with Crippen LogP contribution in [0, 0.1) is 11.8 Å². The second-order valence-electron chi connectivity index (χ2n) is 4.84. The van der Waals surface area contributed by atoms with Crippen LogP contribution in [0.5, 0.6) is 0 Å². The maximum absolute atomic E-state index is 11.8. The predicted octanol–water partition coefficient (Wildman–Crippen LogP) is 1.36. The first-order chi connectivity index (χ1) is 8.50. The molecule has 1 saturated carbocycles. The fourth-order valence-electron chi connectivity index (χ4n) is 2.51. The van der Waals surface area contributed by atoms with E-state index in [4.69, 9.17) is 5.11 Å². The van der Waals surface area contributed by atoms with Crippen molar-refractivity contribution in [1.29, 1.82) is 0 Å². The topological polar surface area (TPSA) is 88.0 Å². The van der Waals surface area contributed by atoms with Crippen molar-refractivity contribution in [2.75, 3.05) is 5.75 Å². The maximum atomic E-state index is 11.8. The van der Waals surface area contributed by atoms with Crippen LogP contribution >= 0.6 is 11.8 Å². The molecule has 0 amide bonds. The largest absolute Gasteiger partial charge is 0.481 e. The Morgan fingerprint density at radius 1 is 1.56 bits per heavy atom. The van der Waals surface area contributed by atoms with Crippen molar-refractivity contribution in [1.82, 2.24) is 14.8 Å². The normalized spacial score (nSPS) is 27.6. The van der Waals surface area contributed by atoms with Gasteiger partial charge in [-0.15, -0.1) is 5.10 Å². The first kappa shape index (κ1) is 13.2. The average molecular weight is 271 g/mol. The Morgan fingerprint density at radius 2 is 2.28 bits per heavy atom. The molecular weight excluding hydrogens is 254 g/mol. The molecule has 1 aliphatic rings. The molecule has 0 spiro atoms. The first-order valence-corrected chi connectivity index (χ1v) is 7.00. The number of carbonyl (C=O) groups is 1. The molecule has 0 aliphatic heterocycles. The van der Waals surface area contributed by atoms with Crippen LogP contribution in [0.2, 0.25) is 0 Å². The van der Waals surface area contributed by atoms with Gasteiger partial charge >= 0.3 is 11.7 Å². The summed E-state index contributed by atoms with van der Waals surface area (Å²) in [6.07, 6.45) is 2.04. The van der Waals surface area contributed by atoms with E-state index in [2.05, 4.69) is 24.0 Å². The predicted molar refractivity (Wildman–Crippen MR) is 67.8 cm³/mol. The van der Waals surface area contributed by atoms with Crippen LogP contribution in [0.15, 0.2) is 9.95 Å². The highest BCUT2D eigenvalue weighted by atomic mass is 32.2. The van der Waals surface area contributed by atoms with E-state index in [0.29, 0.717) is 17.0 Å². The molecule has 3 atom stereocenters. The number of nitrogens with one attached hydrogen (secondary N) is 1. The van der Waals surface area contributed by atoms with Crippen molar-refractivity contribution in [3.8, 4) is 0 Å². The first-order valence-electron chi connectivity index (χ1n) is 6.02. The van der Waals surface area contributed by atoms with Crippen LogP contribution in [0.25, 0.3) is 0 Å². The lowest BCUT2D eigenvalue weighted by Crippen LogP contribution is -2.26. The Labute approximate surface area is 109 Å². The molecule has 7 heteroatoms. The second kappa shape index (κ2) is 5.17. The smallest absolute Gasteiger partial charge is 0.344 e. The van der Waals surface area contributed by atoms with Crippen LogP contribution in [0.4, 0.5) is 0 Å². The lowest BCUT2D eigenvalue weighted by atomic mass is 9.98. The van der Waals surface area contributed by atoms with Crippen LogP contribution in [0.1, 0.15) is 32.7 Å². The van der Waals surface area contributed by atoms with E-state index in [1.807, 2.05) is 0 Å². The number of hydrogen-bond acceptors (Lipinski definition) is 4. The van der Waals surface area contributed by atoms with Gasteiger partial charge < -0.3 is 5.11 Å². The van der Waals surface area contributed by atoms with Gasteiger partial charge in [0.05, 0.1) is 5.75 Å². The fraction of sp³-hybridized carbons (Fsp3) is 0.727. The average Bonchev–Trinajstić information content (AvgIpc) is 2.82. The highest BCUT2D eigenvalue weighted by molar-refractivity contribution is 7.99. The number of thioether (sulfide) groups is 1. The molecule has 2 N–H and O–H groups in total. The van der Waals surface area contributed by atoms with E-state index in [0.717, 1.165) is 24.6 Å². The van der Waals surface area contributed by atoms with Gasteiger partial charge in [0.2, 0.25) is 0 Å². The van der Waals surface area contributed by atoms with Gasteiger partial charge in [0.25, 0.3) is 0 Å². The number of carboxylic acids is 1. The molecule has 1 aromatic heterocycles. The van der Waals surface area contributed by atoms with E-state index in [9.17, 15) is 9.59 Å². The highest BCUT2D eigenvalue weighted by Gasteiger charge is 2.33. The second-order valence-corrected chi connectivity index (χ2v) is 5.79. The molecule has 1 heterocycles. The third-order valence-corrected chi connectivity index (χ3v) is 4.69. The molecule has 3 unspecified atom stereocenters. The van der Waals surface area contributed by atoms with Gasteiger partial charge in [-0.2, -0.15) is 0 Å². The molecule has 6 nitrogen and oxygen atoms in total. The Balaban J connectivity index is 2.24. The Kier molecular flexibility index (Phi) is 3.79. The molecule has 0 aromatic carbocycles. The summed E-state index contributed by atoms with van der Waals surface area (Å²) in [7, 11) is 0. The number of hydrogen-bond donors (Lipinski definition) is 2. The van der Waals surface area contributed by atoms with Crippen molar-refractivity contribution < 1.29 is 9.90 Å². The number of nitrogens with zero attached hydrogens (tertiary/aromatic N) is 2.